The van der Waals surface area contributed by atoms with Gasteiger partial charge >= 0.3 is 0 Å². The minimum atomic E-state index is -1.06. The number of hydrogen-bond donors (Lipinski definition) is 4. The maximum atomic E-state index is 13.3. The SMILES string of the molecule is CN[C@@H](CC(C)C)C(=O)C(C(=O)[C@H](CC(C)CCC(O)Cc1ccccc1)NC)C(C)O. The van der Waals surface area contributed by atoms with Crippen LogP contribution in [-0.2, 0) is 16.0 Å². The molecule has 0 saturated heterocycles. The van der Waals surface area contributed by atoms with Crippen molar-refractivity contribution in [2.24, 2.45) is 17.8 Å². The summed E-state index contributed by atoms with van der Waals surface area (Å²) in [6.07, 6.45) is 1.74. The molecule has 0 spiro atoms. The highest BCUT2D eigenvalue weighted by atomic mass is 16.3. The van der Waals surface area contributed by atoms with Crippen LogP contribution in [0.5, 0.6) is 0 Å². The van der Waals surface area contributed by atoms with E-state index in [2.05, 4.69) is 17.6 Å². The molecule has 0 aliphatic rings. The normalized spacial score (nSPS) is 17.4. The molecule has 0 aromatic heterocycles. The molecule has 32 heavy (non-hydrogen) atoms. The van der Waals surface area contributed by atoms with Gasteiger partial charge < -0.3 is 20.8 Å². The number of ketones is 2. The van der Waals surface area contributed by atoms with Crippen LogP contribution in [0.1, 0.15) is 58.9 Å². The summed E-state index contributed by atoms with van der Waals surface area (Å²) in [5.41, 5.74) is 1.11. The second-order valence-electron chi connectivity index (χ2n) is 9.60. The summed E-state index contributed by atoms with van der Waals surface area (Å²) >= 11 is 0. The minimum absolute atomic E-state index is 0.183. The van der Waals surface area contributed by atoms with E-state index in [1.807, 2.05) is 44.2 Å². The van der Waals surface area contributed by atoms with Gasteiger partial charge in [0.05, 0.1) is 24.3 Å². The molecule has 0 amide bonds. The number of carbonyl (C=O) groups excluding carboxylic acids is 2. The van der Waals surface area contributed by atoms with E-state index in [9.17, 15) is 19.8 Å². The van der Waals surface area contributed by atoms with Gasteiger partial charge in [-0.25, -0.2) is 0 Å². The van der Waals surface area contributed by atoms with Crippen molar-refractivity contribution in [3.8, 4) is 0 Å². The molecule has 0 radical (unpaired) electrons. The summed E-state index contributed by atoms with van der Waals surface area (Å²) < 4.78 is 0. The van der Waals surface area contributed by atoms with Crippen LogP contribution in [0.4, 0.5) is 0 Å². The fraction of sp³-hybridized carbons (Fsp3) is 0.692. The number of benzene rings is 1. The van der Waals surface area contributed by atoms with E-state index in [1.54, 1.807) is 14.1 Å². The van der Waals surface area contributed by atoms with E-state index >= 15 is 0 Å². The van der Waals surface area contributed by atoms with E-state index < -0.39 is 30.2 Å². The molecule has 4 unspecified atom stereocenters. The molecule has 0 aliphatic heterocycles. The molecule has 0 bridgehead atoms. The Hall–Kier alpha value is -1.60. The maximum absolute atomic E-state index is 13.3. The third kappa shape index (κ3) is 9.49. The quantitative estimate of drug-likeness (QED) is 0.290. The Morgan fingerprint density at radius 3 is 1.84 bits per heavy atom. The fourth-order valence-electron chi connectivity index (χ4n) is 4.26. The monoisotopic (exact) mass is 448 g/mol. The van der Waals surface area contributed by atoms with Gasteiger partial charge in [-0.2, -0.15) is 0 Å². The van der Waals surface area contributed by atoms with Crippen molar-refractivity contribution in [2.75, 3.05) is 14.1 Å². The molecular weight excluding hydrogens is 404 g/mol. The van der Waals surface area contributed by atoms with Gasteiger partial charge in [-0.05, 0) is 70.5 Å². The fourth-order valence-corrected chi connectivity index (χ4v) is 4.26. The molecule has 0 heterocycles. The molecule has 182 valence electrons. The lowest BCUT2D eigenvalue weighted by Crippen LogP contribution is -2.51. The third-order valence-corrected chi connectivity index (χ3v) is 6.13. The van der Waals surface area contributed by atoms with Gasteiger partial charge in [0.25, 0.3) is 0 Å². The Bertz CT molecular complexity index is 678. The summed E-state index contributed by atoms with van der Waals surface area (Å²) in [6.45, 7) is 7.63. The summed E-state index contributed by atoms with van der Waals surface area (Å²) in [4.78, 5) is 26.3. The molecule has 1 rings (SSSR count). The first kappa shape index (κ1) is 28.4. The van der Waals surface area contributed by atoms with Crippen molar-refractivity contribution >= 4 is 11.6 Å². The lowest BCUT2D eigenvalue weighted by Gasteiger charge is -2.28. The number of aliphatic hydroxyl groups excluding tert-OH is 2. The van der Waals surface area contributed by atoms with Crippen LogP contribution in [0.2, 0.25) is 0 Å². The minimum Gasteiger partial charge on any atom is -0.393 e. The molecule has 1 aromatic rings. The number of aliphatic hydroxyl groups is 2. The molecule has 0 aliphatic carbocycles. The van der Waals surface area contributed by atoms with Crippen LogP contribution >= 0.6 is 0 Å². The number of nitrogens with one attached hydrogen (secondary N) is 2. The van der Waals surface area contributed by atoms with E-state index in [1.165, 1.54) is 6.92 Å². The first-order valence-electron chi connectivity index (χ1n) is 11.9. The van der Waals surface area contributed by atoms with Gasteiger partial charge in [-0.15, -0.1) is 0 Å². The Labute approximate surface area is 194 Å². The predicted octanol–water partition coefficient (Wildman–Crippen LogP) is 2.75. The molecule has 1 aromatic carbocycles. The molecule has 6 heteroatoms. The smallest absolute Gasteiger partial charge is 0.162 e. The molecule has 0 saturated carbocycles. The zero-order valence-electron chi connectivity index (χ0n) is 20.7. The highest BCUT2D eigenvalue weighted by molar-refractivity contribution is 6.07. The van der Waals surface area contributed by atoms with E-state index in [-0.39, 0.29) is 17.5 Å². The van der Waals surface area contributed by atoms with E-state index in [0.29, 0.717) is 31.6 Å². The number of rotatable bonds is 16. The Morgan fingerprint density at radius 2 is 1.38 bits per heavy atom. The van der Waals surface area contributed by atoms with Crippen molar-refractivity contribution in [1.82, 2.24) is 10.6 Å². The van der Waals surface area contributed by atoms with Crippen molar-refractivity contribution in [3.05, 3.63) is 35.9 Å². The molecule has 6 nitrogen and oxygen atoms in total. The van der Waals surface area contributed by atoms with Crippen LogP contribution in [-0.4, -0.2) is 60.2 Å². The topological polar surface area (TPSA) is 98.7 Å². The van der Waals surface area contributed by atoms with Gasteiger partial charge in [0.1, 0.15) is 5.92 Å². The lowest BCUT2D eigenvalue weighted by molar-refractivity contribution is -0.139. The largest absolute Gasteiger partial charge is 0.393 e. The third-order valence-electron chi connectivity index (χ3n) is 6.13. The second kappa shape index (κ2) is 14.5. The van der Waals surface area contributed by atoms with Crippen LogP contribution in [0.15, 0.2) is 30.3 Å². The van der Waals surface area contributed by atoms with E-state index in [4.69, 9.17) is 0 Å². The summed E-state index contributed by atoms with van der Waals surface area (Å²) in [5.74, 6) is -1.08. The predicted molar refractivity (Wildman–Crippen MR) is 130 cm³/mol. The molecule has 4 N–H and O–H groups in total. The summed E-state index contributed by atoms with van der Waals surface area (Å²) in [5, 5.41) is 26.7. The van der Waals surface area contributed by atoms with Crippen LogP contribution < -0.4 is 10.6 Å². The Balaban J connectivity index is 2.71. The lowest BCUT2D eigenvalue weighted by atomic mass is 9.81. The zero-order valence-corrected chi connectivity index (χ0v) is 20.7. The summed E-state index contributed by atoms with van der Waals surface area (Å²) in [6, 6.07) is 8.93. The van der Waals surface area contributed by atoms with E-state index in [0.717, 1.165) is 12.0 Å². The summed E-state index contributed by atoms with van der Waals surface area (Å²) in [7, 11) is 3.43. The molecule has 0 fully saturated rings. The van der Waals surface area contributed by atoms with Crippen molar-refractivity contribution in [1.29, 1.82) is 0 Å². The number of carbonyl (C=O) groups is 2. The number of likely N-dealkylation sites (N-methyl/N-ethyl adjacent to an activating group) is 2. The molecular formula is C26H44N2O4. The van der Waals surface area contributed by atoms with Crippen molar-refractivity contribution < 1.29 is 19.8 Å². The van der Waals surface area contributed by atoms with Crippen LogP contribution in [0.3, 0.4) is 0 Å². The zero-order chi connectivity index (χ0) is 24.3. The maximum Gasteiger partial charge on any atom is 0.162 e. The Morgan fingerprint density at radius 1 is 0.844 bits per heavy atom. The highest BCUT2D eigenvalue weighted by Gasteiger charge is 2.38. The van der Waals surface area contributed by atoms with Crippen LogP contribution in [0.25, 0.3) is 0 Å². The van der Waals surface area contributed by atoms with Gasteiger partial charge in [-0.1, -0.05) is 51.1 Å². The van der Waals surface area contributed by atoms with Gasteiger partial charge in [0.15, 0.2) is 11.6 Å². The van der Waals surface area contributed by atoms with Crippen LogP contribution in [0, 0.1) is 17.8 Å². The van der Waals surface area contributed by atoms with Gasteiger partial charge in [0, 0.05) is 0 Å². The first-order valence-corrected chi connectivity index (χ1v) is 11.9. The highest BCUT2D eigenvalue weighted by Crippen LogP contribution is 2.21. The standard InChI is InChI=1S/C26H44N2O4/c1-17(2)14-22(27-5)25(31)24(19(4)29)26(32)23(28-6)15-18(3)12-13-21(30)16-20-10-8-7-9-11-20/h7-11,17-19,21-24,27-30H,12-16H2,1-6H3/t18?,19?,21?,22-,23-,24?/m0/s1. The average Bonchev–Trinajstić information content (AvgIpc) is 2.74. The molecule has 6 atom stereocenters. The first-order chi connectivity index (χ1) is 15.1. The Kier molecular flexibility index (Phi) is 12.9. The van der Waals surface area contributed by atoms with Gasteiger partial charge in [-0.3, -0.25) is 9.59 Å². The second-order valence-corrected chi connectivity index (χ2v) is 9.60. The number of Topliss-reactive ketones (excluding diaryl/α,β-unsaturated/α-hetero) is 2. The average molecular weight is 449 g/mol. The van der Waals surface area contributed by atoms with Crippen molar-refractivity contribution in [2.45, 2.75) is 84.1 Å². The number of hydrogen-bond acceptors (Lipinski definition) is 6. The van der Waals surface area contributed by atoms with Crippen molar-refractivity contribution in [3.63, 3.8) is 0 Å². The van der Waals surface area contributed by atoms with Gasteiger partial charge in [0.2, 0.25) is 0 Å².